The Kier molecular flexibility index (Phi) is 18.0. The molecule has 0 atom stereocenters. The summed E-state index contributed by atoms with van der Waals surface area (Å²) in [5.74, 6) is 0.759. The van der Waals surface area contributed by atoms with Gasteiger partial charge in [-0.05, 0) is 40.5 Å². The highest BCUT2D eigenvalue weighted by Crippen LogP contribution is 2.07. The molecule has 2 N–H and O–H groups in total. The topological polar surface area (TPSA) is 72.0 Å². The standard InChI is InChI=1S/C18H37N3O3.HI/c1-6-19-17(21-15-18(3,4)23-5)20-14-12-10-8-9-11-13-16(22)24-7-2;/h6-15H2,1-5H3,(H2,19,20,21);1H. The average Bonchev–Trinajstić information content (AvgIpc) is 2.55. The fourth-order valence-corrected chi connectivity index (χ4v) is 2.04. The third kappa shape index (κ3) is 16.6. The number of rotatable bonds is 13. The lowest BCUT2D eigenvalue weighted by Gasteiger charge is -2.21. The van der Waals surface area contributed by atoms with Crippen LogP contribution in [0.3, 0.4) is 0 Å². The molecule has 0 amide bonds. The van der Waals surface area contributed by atoms with E-state index in [9.17, 15) is 4.79 Å². The molecule has 0 saturated carbocycles. The lowest BCUT2D eigenvalue weighted by atomic mass is 10.1. The van der Waals surface area contributed by atoms with Crippen LogP contribution in [0.1, 0.15) is 66.2 Å². The molecule has 0 saturated heterocycles. The maximum Gasteiger partial charge on any atom is 0.305 e. The number of unbranched alkanes of at least 4 members (excludes halogenated alkanes) is 4. The lowest BCUT2D eigenvalue weighted by Crippen LogP contribution is -2.39. The number of carbonyl (C=O) groups excluding carboxylic acids is 1. The van der Waals surface area contributed by atoms with Crippen LogP contribution in [0.15, 0.2) is 4.99 Å². The van der Waals surface area contributed by atoms with Crippen LogP contribution in [0, 0.1) is 0 Å². The molecule has 0 unspecified atom stereocenters. The first-order chi connectivity index (χ1) is 11.4. The van der Waals surface area contributed by atoms with Gasteiger partial charge >= 0.3 is 5.97 Å². The highest BCUT2D eigenvalue weighted by molar-refractivity contribution is 14.0. The zero-order valence-corrected chi connectivity index (χ0v) is 19.0. The van der Waals surface area contributed by atoms with Crippen LogP contribution in [0.25, 0.3) is 0 Å². The van der Waals surface area contributed by atoms with Crippen molar-refractivity contribution in [2.75, 3.05) is 33.4 Å². The summed E-state index contributed by atoms with van der Waals surface area (Å²) in [6, 6.07) is 0. The van der Waals surface area contributed by atoms with E-state index in [0.29, 0.717) is 19.6 Å². The summed E-state index contributed by atoms with van der Waals surface area (Å²) >= 11 is 0. The second kappa shape index (κ2) is 16.9. The van der Waals surface area contributed by atoms with Crippen LogP contribution in [0.4, 0.5) is 0 Å². The highest BCUT2D eigenvalue weighted by Gasteiger charge is 2.15. The molecule has 0 radical (unpaired) electrons. The minimum Gasteiger partial charge on any atom is -0.466 e. The van der Waals surface area contributed by atoms with E-state index in [-0.39, 0.29) is 35.5 Å². The Morgan fingerprint density at radius 3 is 2.28 bits per heavy atom. The number of carbonyl (C=O) groups is 1. The SMILES string of the molecule is CCNC(=NCC(C)(C)OC)NCCCCCCCC(=O)OCC.I. The molecular weight excluding hydrogens is 433 g/mol. The second-order valence-corrected chi connectivity index (χ2v) is 6.41. The zero-order valence-electron chi connectivity index (χ0n) is 16.7. The number of hydrogen-bond acceptors (Lipinski definition) is 4. The van der Waals surface area contributed by atoms with Crippen molar-refractivity contribution in [3.8, 4) is 0 Å². The van der Waals surface area contributed by atoms with Crippen molar-refractivity contribution in [1.82, 2.24) is 10.6 Å². The van der Waals surface area contributed by atoms with Crippen molar-refractivity contribution in [2.24, 2.45) is 4.99 Å². The van der Waals surface area contributed by atoms with Crippen LogP contribution in [-0.2, 0) is 14.3 Å². The monoisotopic (exact) mass is 471 g/mol. The molecule has 150 valence electrons. The van der Waals surface area contributed by atoms with Crippen molar-refractivity contribution in [3.05, 3.63) is 0 Å². The highest BCUT2D eigenvalue weighted by atomic mass is 127. The number of nitrogens with zero attached hydrogens (tertiary/aromatic N) is 1. The molecule has 0 aliphatic carbocycles. The first-order valence-corrected chi connectivity index (χ1v) is 9.18. The molecule has 0 aliphatic rings. The fraction of sp³-hybridized carbons (Fsp3) is 0.889. The van der Waals surface area contributed by atoms with E-state index in [4.69, 9.17) is 9.47 Å². The van der Waals surface area contributed by atoms with Crippen LogP contribution >= 0.6 is 24.0 Å². The van der Waals surface area contributed by atoms with Gasteiger partial charge in [0.15, 0.2) is 5.96 Å². The Balaban J connectivity index is 0. The molecule has 0 bridgehead atoms. The Bertz CT molecular complexity index is 363. The molecule has 25 heavy (non-hydrogen) atoms. The van der Waals surface area contributed by atoms with E-state index >= 15 is 0 Å². The van der Waals surface area contributed by atoms with E-state index in [1.807, 2.05) is 20.8 Å². The van der Waals surface area contributed by atoms with Crippen LogP contribution in [0.2, 0.25) is 0 Å². The molecule has 0 aromatic carbocycles. The van der Waals surface area contributed by atoms with E-state index in [1.54, 1.807) is 7.11 Å². The molecule has 7 heteroatoms. The molecule has 0 spiro atoms. The van der Waals surface area contributed by atoms with Crippen LogP contribution in [-0.4, -0.2) is 50.9 Å². The Morgan fingerprint density at radius 1 is 1.04 bits per heavy atom. The molecule has 0 rings (SSSR count). The van der Waals surface area contributed by atoms with Gasteiger partial charge in [-0.3, -0.25) is 9.79 Å². The van der Waals surface area contributed by atoms with Gasteiger partial charge < -0.3 is 20.1 Å². The van der Waals surface area contributed by atoms with Crippen molar-refractivity contribution >= 4 is 35.9 Å². The molecule has 6 nitrogen and oxygen atoms in total. The summed E-state index contributed by atoms with van der Waals surface area (Å²) in [7, 11) is 1.71. The van der Waals surface area contributed by atoms with Gasteiger partial charge in [0.1, 0.15) is 0 Å². The minimum atomic E-state index is -0.249. The quantitative estimate of drug-likeness (QED) is 0.142. The lowest BCUT2D eigenvalue weighted by molar-refractivity contribution is -0.143. The van der Waals surface area contributed by atoms with Crippen molar-refractivity contribution in [2.45, 2.75) is 71.8 Å². The summed E-state index contributed by atoms with van der Waals surface area (Å²) in [5, 5.41) is 6.60. The van der Waals surface area contributed by atoms with Gasteiger partial charge in [-0.1, -0.05) is 19.3 Å². The van der Waals surface area contributed by atoms with Crippen LogP contribution < -0.4 is 10.6 Å². The third-order valence-corrected chi connectivity index (χ3v) is 3.67. The largest absolute Gasteiger partial charge is 0.466 e. The van der Waals surface area contributed by atoms with Gasteiger partial charge in [0, 0.05) is 26.6 Å². The maximum atomic E-state index is 11.2. The van der Waals surface area contributed by atoms with Gasteiger partial charge in [-0.15, -0.1) is 24.0 Å². The molecule has 0 fully saturated rings. The fourth-order valence-electron chi connectivity index (χ4n) is 2.04. The molecular formula is C18H38IN3O3. The minimum absolute atomic E-state index is 0. The normalized spacial score (nSPS) is 11.6. The summed E-state index contributed by atoms with van der Waals surface area (Å²) in [6.45, 7) is 10.8. The molecule has 0 aliphatic heterocycles. The first-order valence-electron chi connectivity index (χ1n) is 9.18. The average molecular weight is 471 g/mol. The van der Waals surface area contributed by atoms with Gasteiger partial charge in [-0.25, -0.2) is 0 Å². The number of halogens is 1. The number of esters is 1. The number of aliphatic imine (C=N–C) groups is 1. The van der Waals surface area contributed by atoms with Crippen molar-refractivity contribution < 1.29 is 14.3 Å². The molecule has 0 heterocycles. The number of ether oxygens (including phenoxy) is 2. The van der Waals surface area contributed by atoms with Gasteiger partial charge in [0.2, 0.25) is 0 Å². The van der Waals surface area contributed by atoms with Gasteiger partial charge in [0.25, 0.3) is 0 Å². The number of hydrogen-bond donors (Lipinski definition) is 2. The summed E-state index contributed by atoms with van der Waals surface area (Å²) in [4.78, 5) is 15.8. The Hall–Kier alpha value is -0.570. The zero-order chi connectivity index (χ0) is 18.3. The number of guanidine groups is 1. The van der Waals surface area contributed by atoms with Crippen molar-refractivity contribution in [1.29, 1.82) is 0 Å². The second-order valence-electron chi connectivity index (χ2n) is 6.41. The molecule has 0 aromatic heterocycles. The summed E-state index contributed by atoms with van der Waals surface area (Å²) in [5.41, 5.74) is -0.249. The third-order valence-electron chi connectivity index (χ3n) is 3.67. The van der Waals surface area contributed by atoms with E-state index < -0.39 is 0 Å². The summed E-state index contributed by atoms with van der Waals surface area (Å²) in [6.07, 6.45) is 5.93. The smallest absolute Gasteiger partial charge is 0.305 e. The Labute approximate surface area is 170 Å². The predicted octanol–water partition coefficient (Wildman–Crippen LogP) is 3.49. The van der Waals surface area contributed by atoms with E-state index in [1.165, 1.54) is 0 Å². The van der Waals surface area contributed by atoms with Gasteiger partial charge in [-0.2, -0.15) is 0 Å². The number of nitrogens with one attached hydrogen (secondary N) is 2. The Morgan fingerprint density at radius 2 is 1.68 bits per heavy atom. The van der Waals surface area contributed by atoms with E-state index in [0.717, 1.165) is 51.2 Å². The first kappa shape index (κ1) is 26.7. The summed E-state index contributed by atoms with van der Waals surface area (Å²) < 4.78 is 10.3. The van der Waals surface area contributed by atoms with Crippen LogP contribution in [0.5, 0.6) is 0 Å². The predicted molar refractivity (Wildman–Crippen MR) is 115 cm³/mol. The number of methoxy groups -OCH3 is 1. The van der Waals surface area contributed by atoms with Gasteiger partial charge in [0.05, 0.1) is 18.8 Å². The van der Waals surface area contributed by atoms with Crippen molar-refractivity contribution in [3.63, 3.8) is 0 Å². The van der Waals surface area contributed by atoms with E-state index in [2.05, 4.69) is 22.5 Å². The molecule has 0 aromatic rings. The maximum absolute atomic E-state index is 11.2.